The number of nitrogens with two attached hydrogens (primary N) is 1. The predicted molar refractivity (Wildman–Crippen MR) is 87.1 cm³/mol. The van der Waals surface area contributed by atoms with Crippen molar-refractivity contribution in [3.63, 3.8) is 0 Å². The van der Waals surface area contributed by atoms with Gasteiger partial charge in [-0.25, -0.2) is 8.42 Å². The van der Waals surface area contributed by atoms with Gasteiger partial charge in [0.05, 0.1) is 31.5 Å². The lowest BCUT2D eigenvalue weighted by atomic mass is 10.3. The summed E-state index contributed by atoms with van der Waals surface area (Å²) in [6.07, 6.45) is 0. The summed E-state index contributed by atoms with van der Waals surface area (Å²) in [5, 5.41) is 4.43. The van der Waals surface area contributed by atoms with E-state index in [-0.39, 0.29) is 15.7 Å². The molecule has 0 saturated heterocycles. The Balaban J connectivity index is 2.47. The van der Waals surface area contributed by atoms with Gasteiger partial charge in [0.2, 0.25) is 0 Å². The van der Waals surface area contributed by atoms with Crippen molar-refractivity contribution in [1.29, 1.82) is 0 Å². The number of rotatable bonds is 4. The van der Waals surface area contributed by atoms with Crippen molar-refractivity contribution in [2.45, 2.75) is 31.0 Å². The van der Waals surface area contributed by atoms with Gasteiger partial charge in [-0.3, -0.25) is 4.68 Å². The molecule has 5 nitrogen and oxygen atoms in total. The quantitative estimate of drug-likeness (QED) is 0.811. The molecular formula is C13H15BrClN3O2S. The van der Waals surface area contributed by atoms with E-state index in [0.29, 0.717) is 22.4 Å². The molecule has 2 rings (SSSR count). The minimum atomic E-state index is -3.58. The molecular weight excluding hydrogens is 378 g/mol. The fourth-order valence-electron chi connectivity index (χ4n) is 2.03. The molecule has 0 spiro atoms. The Bertz CT molecular complexity index is 787. The standard InChI is InChI=1S/C13H15BrClN3O2S/c1-3-18-11(13(14)8(2)17-18)7-21(19,20)12-5-4-9(16)6-10(12)15/h4-6H,3,7,16H2,1-2H3. The minimum Gasteiger partial charge on any atom is -0.399 e. The van der Waals surface area contributed by atoms with Gasteiger partial charge in [0.25, 0.3) is 0 Å². The fraction of sp³-hybridized carbons (Fsp3) is 0.308. The molecule has 1 aromatic heterocycles. The van der Waals surface area contributed by atoms with Crippen molar-refractivity contribution in [2.24, 2.45) is 0 Å². The van der Waals surface area contributed by atoms with Crippen molar-refractivity contribution in [3.05, 3.63) is 39.1 Å². The number of nitrogen functional groups attached to an aromatic ring is 1. The van der Waals surface area contributed by atoms with Crippen LogP contribution in [-0.4, -0.2) is 18.2 Å². The Morgan fingerprint density at radius 1 is 1.43 bits per heavy atom. The van der Waals surface area contributed by atoms with Crippen LogP contribution in [0, 0.1) is 6.92 Å². The number of aryl methyl sites for hydroxylation is 2. The monoisotopic (exact) mass is 391 g/mol. The molecule has 8 heteroatoms. The van der Waals surface area contributed by atoms with E-state index >= 15 is 0 Å². The molecule has 0 aliphatic carbocycles. The van der Waals surface area contributed by atoms with E-state index in [1.807, 2.05) is 13.8 Å². The number of sulfone groups is 1. The Hall–Kier alpha value is -1.05. The highest BCUT2D eigenvalue weighted by molar-refractivity contribution is 9.10. The van der Waals surface area contributed by atoms with Gasteiger partial charge in [-0.15, -0.1) is 0 Å². The van der Waals surface area contributed by atoms with Crippen LogP contribution in [0.5, 0.6) is 0 Å². The van der Waals surface area contributed by atoms with Crippen LogP contribution in [0.25, 0.3) is 0 Å². The number of nitrogens with zero attached hydrogens (tertiary/aromatic N) is 2. The van der Waals surface area contributed by atoms with Gasteiger partial charge < -0.3 is 5.73 Å². The topological polar surface area (TPSA) is 78.0 Å². The molecule has 0 aliphatic heterocycles. The van der Waals surface area contributed by atoms with Crippen molar-refractivity contribution in [2.75, 3.05) is 5.73 Å². The molecule has 0 saturated carbocycles. The van der Waals surface area contributed by atoms with Gasteiger partial charge in [-0.2, -0.15) is 5.10 Å². The molecule has 2 aromatic rings. The van der Waals surface area contributed by atoms with Crippen molar-refractivity contribution in [3.8, 4) is 0 Å². The Labute approximate surface area is 137 Å². The first-order valence-corrected chi connectivity index (χ1v) is 9.08. The molecule has 0 radical (unpaired) electrons. The maximum absolute atomic E-state index is 12.6. The second-order valence-corrected chi connectivity index (χ2v) is 7.77. The molecule has 0 unspecified atom stereocenters. The van der Waals surface area contributed by atoms with Crippen LogP contribution in [0.3, 0.4) is 0 Å². The van der Waals surface area contributed by atoms with E-state index in [9.17, 15) is 8.42 Å². The van der Waals surface area contributed by atoms with Crippen LogP contribution in [0.15, 0.2) is 27.6 Å². The molecule has 0 aliphatic rings. The third-order valence-electron chi connectivity index (χ3n) is 3.07. The largest absolute Gasteiger partial charge is 0.399 e. The second-order valence-electron chi connectivity index (χ2n) is 4.61. The summed E-state index contributed by atoms with van der Waals surface area (Å²) >= 11 is 9.40. The second kappa shape index (κ2) is 5.98. The highest BCUT2D eigenvalue weighted by Crippen LogP contribution is 2.29. The molecule has 1 heterocycles. The predicted octanol–water partition coefficient (Wildman–Crippen LogP) is 3.18. The van der Waals surface area contributed by atoms with Gasteiger partial charge in [0.15, 0.2) is 9.84 Å². The van der Waals surface area contributed by atoms with Gasteiger partial charge in [0.1, 0.15) is 0 Å². The van der Waals surface area contributed by atoms with Crippen molar-refractivity contribution in [1.82, 2.24) is 9.78 Å². The lowest BCUT2D eigenvalue weighted by molar-refractivity contribution is 0.585. The number of anilines is 1. The van der Waals surface area contributed by atoms with Gasteiger partial charge >= 0.3 is 0 Å². The third-order valence-corrected chi connectivity index (χ3v) is 6.21. The molecule has 0 atom stereocenters. The van der Waals surface area contributed by atoms with E-state index in [4.69, 9.17) is 17.3 Å². The number of benzene rings is 1. The lowest BCUT2D eigenvalue weighted by Crippen LogP contribution is -2.11. The number of hydrogen-bond donors (Lipinski definition) is 1. The van der Waals surface area contributed by atoms with E-state index < -0.39 is 9.84 Å². The smallest absolute Gasteiger partial charge is 0.185 e. The summed E-state index contributed by atoms with van der Waals surface area (Å²) in [5.74, 6) is -0.175. The first-order chi connectivity index (χ1) is 9.76. The zero-order chi connectivity index (χ0) is 15.8. The number of aromatic nitrogens is 2. The average Bonchev–Trinajstić information content (AvgIpc) is 2.65. The summed E-state index contributed by atoms with van der Waals surface area (Å²) in [6.45, 7) is 4.32. The molecule has 1 aromatic carbocycles. The highest BCUT2D eigenvalue weighted by Gasteiger charge is 2.23. The summed E-state index contributed by atoms with van der Waals surface area (Å²) in [4.78, 5) is 0.0757. The summed E-state index contributed by atoms with van der Waals surface area (Å²) in [6, 6.07) is 4.39. The molecule has 114 valence electrons. The molecule has 0 bridgehead atoms. The van der Waals surface area contributed by atoms with Gasteiger partial charge in [-0.1, -0.05) is 11.6 Å². The Kier molecular flexibility index (Phi) is 4.65. The maximum Gasteiger partial charge on any atom is 0.185 e. The third kappa shape index (κ3) is 3.25. The van der Waals surface area contributed by atoms with E-state index in [2.05, 4.69) is 21.0 Å². The molecule has 0 amide bonds. The van der Waals surface area contributed by atoms with Gasteiger partial charge in [-0.05, 0) is 48.0 Å². The van der Waals surface area contributed by atoms with E-state index in [0.717, 1.165) is 5.69 Å². The fourth-order valence-corrected chi connectivity index (χ4v) is 4.63. The molecule has 0 fully saturated rings. The molecule has 21 heavy (non-hydrogen) atoms. The number of halogens is 2. The van der Waals surface area contributed by atoms with Crippen LogP contribution in [0.2, 0.25) is 5.02 Å². The van der Waals surface area contributed by atoms with Crippen molar-refractivity contribution >= 4 is 43.1 Å². The zero-order valence-electron chi connectivity index (χ0n) is 11.6. The Morgan fingerprint density at radius 2 is 2.10 bits per heavy atom. The average molecular weight is 393 g/mol. The minimum absolute atomic E-state index is 0.0757. The van der Waals surface area contributed by atoms with E-state index in [1.165, 1.54) is 18.2 Å². The lowest BCUT2D eigenvalue weighted by Gasteiger charge is -2.09. The zero-order valence-corrected chi connectivity index (χ0v) is 14.8. The van der Waals surface area contributed by atoms with Crippen LogP contribution in [0.1, 0.15) is 18.3 Å². The van der Waals surface area contributed by atoms with Crippen LogP contribution < -0.4 is 5.73 Å². The first-order valence-electron chi connectivity index (χ1n) is 6.25. The van der Waals surface area contributed by atoms with Crippen LogP contribution in [-0.2, 0) is 22.1 Å². The van der Waals surface area contributed by atoms with E-state index in [1.54, 1.807) is 4.68 Å². The normalized spacial score (nSPS) is 11.8. The highest BCUT2D eigenvalue weighted by atomic mass is 79.9. The summed E-state index contributed by atoms with van der Waals surface area (Å²) in [7, 11) is -3.58. The van der Waals surface area contributed by atoms with Crippen LogP contribution in [0.4, 0.5) is 5.69 Å². The maximum atomic E-state index is 12.6. The first kappa shape index (κ1) is 16.3. The summed E-state index contributed by atoms with van der Waals surface area (Å²) in [5.41, 5.74) is 7.39. The summed E-state index contributed by atoms with van der Waals surface area (Å²) < 4.78 is 27.5. The van der Waals surface area contributed by atoms with Gasteiger partial charge in [0, 0.05) is 12.2 Å². The SMILES string of the molecule is CCn1nc(C)c(Br)c1CS(=O)(=O)c1ccc(N)cc1Cl. The Morgan fingerprint density at radius 3 is 2.67 bits per heavy atom. The molecule has 2 N–H and O–H groups in total. The number of hydrogen-bond acceptors (Lipinski definition) is 4. The van der Waals surface area contributed by atoms with Crippen molar-refractivity contribution < 1.29 is 8.42 Å². The van der Waals surface area contributed by atoms with Crippen LogP contribution >= 0.6 is 27.5 Å².